The summed E-state index contributed by atoms with van der Waals surface area (Å²) in [6.07, 6.45) is 4.17. The Balaban J connectivity index is 0.000000960. The average molecular weight is 1120 g/mol. The summed E-state index contributed by atoms with van der Waals surface area (Å²) in [4.78, 5) is 78.6. The predicted octanol–water partition coefficient (Wildman–Crippen LogP) is 11.2. The van der Waals surface area contributed by atoms with Gasteiger partial charge in [0.05, 0.1) is 50.4 Å². The first-order valence-electron chi connectivity index (χ1n) is 21.9. The lowest BCUT2D eigenvalue weighted by atomic mass is 9.84. The van der Waals surface area contributed by atoms with Gasteiger partial charge in [0.15, 0.2) is 5.78 Å². The Kier molecular flexibility index (Phi) is 28.1. The van der Waals surface area contributed by atoms with E-state index in [1.807, 2.05) is 59.3 Å². The third-order valence-electron chi connectivity index (χ3n) is 10.4. The van der Waals surface area contributed by atoms with Gasteiger partial charge < -0.3 is 35.6 Å². The fourth-order valence-electron chi connectivity index (χ4n) is 6.63. The molecule has 0 aliphatic rings. The van der Waals surface area contributed by atoms with Gasteiger partial charge in [-0.3, -0.25) is 14.6 Å². The molecule has 0 radical (unpaired) electrons. The van der Waals surface area contributed by atoms with E-state index in [1.54, 1.807) is 67.2 Å². The summed E-state index contributed by atoms with van der Waals surface area (Å²) in [6.45, 7) is 12.4. The van der Waals surface area contributed by atoms with E-state index < -0.39 is 23.6 Å². The summed E-state index contributed by atoms with van der Waals surface area (Å²) in [5.74, 6) is -0.415. The Bertz CT molecular complexity index is 2280. The number of ether oxygens (including phenoxy) is 1. The van der Waals surface area contributed by atoms with Crippen molar-refractivity contribution in [2.24, 2.45) is 5.92 Å². The van der Waals surface area contributed by atoms with Crippen molar-refractivity contribution in [2.75, 3.05) is 20.6 Å². The summed E-state index contributed by atoms with van der Waals surface area (Å²) in [7, 11) is 3.32. The molecule has 5 aromatic rings. The number of halogens is 1. The zero-order valence-electron chi connectivity index (χ0n) is 39.5. The van der Waals surface area contributed by atoms with E-state index in [1.165, 1.54) is 16.2 Å². The number of benzene rings is 2. The van der Waals surface area contributed by atoms with Crippen molar-refractivity contribution < 1.29 is 33.8 Å². The molecule has 19 heteroatoms. The lowest BCUT2D eigenvalue weighted by Crippen LogP contribution is -2.53. The van der Waals surface area contributed by atoms with E-state index in [4.69, 9.17) is 9.84 Å². The summed E-state index contributed by atoms with van der Waals surface area (Å²) in [5.41, 5.74) is 4.52. The second kappa shape index (κ2) is 31.3. The normalized spacial score (nSPS) is 11.6. The molecule has 380 valence electrons. The molecule has 2 atom stereocenters. The van der Waals surface area contributed by atoms with Crippen molar-refractivity contribution in [3.63, 3.8) is 0 Å². The van der Waals surface area contributed by atoms with Crippen LogP contribution in [0, 0.1) is 5.92 Å². The minimum absolute atomic E-state index is 0. The Morgan fingerprint density at radius 3 is 1.75 bits per heavy atom. The summed E-state index contributed by atoms with van der Waals surface area (Å²) < 4.78 is 5.49. The molecule has 4 N–H and O–H groups in total. The van der Waals surface area contributed by atoms with Gasteiger partial charge in [-0.15, -0.1) is 58.0 Å². The van der Waals surface area contributed by atoms with Crippen LogP contribution in [0.3, 0.4) is 0 Å². The van der Waals surface area contributed by atoms with Crippen LogP contribution in [0.5, 0.6) is 0 Å². The van der Waals surface area contributed by atoms with E-state index in [0.717, 1.165) is 37.4 Å². The molecule has 15 nitrogen and oxygen atoms in total. The Hall–Kier alpha value is -4.99. The van der Waals surface area contributed by atoms with Crippen LogP contribution in [0.4, 0.5) is 14.4 Å². The van der Waals surface area contributed by atoms with Crippen LogP contribution in [0.25, 0.3) is 0 Å². The third kappa shape index (κ3) is 22.5. The largest absolute Gasteiger partial charge is 0.480 e. The maximum Gasteiger partial charge on any atom is 0.407 e. The highest BCUT2D eigenvalue weighted by molar-refractivity contribution is 14.0. The van der Waals surface area contributed by atoms with E-state index in [0.29, 0.717) is 50.6 Å². The van der Waals surface area contributed by atoms with Gasteiger partial charge in [-0.05, 0) is 56.6 Å². The average Bonchev–Trinajstić information content (AvgIpc) is 4.08. The number of aliphatic carboxylic acids is 1. The number of rotatable bonds is 22. The maximum absolute atomic E-state index is 13.8. The first-order chi connectivity index (χ1) is 31.4. The molecule has 69 heavy (non-hydrogen) atoms. The van der Waals surface area contributed by atoms with Gasteiger partial charge in [0.25, 0.3) is 0 Å². The highest BCUT2D eigenvalue weighted by Gasteiger charge is 2.32. The zero-order valence-corrected chi connectivity index (χ0v) is 44.3. The Morgan fingerprint density at radius 1 is 0.754 bits per heavy atom. The molecule has 0 fully saturated rings. The van der Waals surface area contributed by atoms with Gasteiger partial charge in [0.1, 0.15) is 13.2 Å². The Morgan fingerprint density at radius 2 is 1.28 bits per heavy atom. The van der Waals surface area contributed by atoms with Crippen LogP contribution in [0.1, 0.15) is 125 Å². The molecule has 5 rings (SSSR count). The summed E-state index contributed by atoms with van der Waals surface area (Å²) in [5, 5.41) is 22.7. The number of carbonyl (C=O) groups excluding carboxylic acids is 4. The first kappa shape index (κ1) is 62.0. The highest BCUT2D eigenvalue weighted by atomic mass is 127. The minimum Gasteiger partial charge on any atom is -0.480 e. The number of ketones is 1. The second-order valence-electron chi connectivity index (χ2n) is 17.3. The minimum atomic E-state index is -1.08. The number of carboxylic acid groups (broad SMARTS) is 1. The second-order valence-corrected chi connectivity index (χ2v) is 20.1. The number of nitrogens with zero attached hydrogens (tertiary/aromatic N) is 5. The molecule has 0 aliphatic heterocycles. The van der Waals surface area contributed by atoms with Crippen LogP contribution in [0.15, 0.2) is 83.1 Å². The lowest BCUT2D eigenvalue weighted by molar-refractivity contribution is -0.135. The zero-order chi connectivity index (χ0) is 48.2. The van der Waals surface area contributed by atoms with Gasteiger partial charge in [-0.2, -0.15) is 0 Å². The molecule has 0 aliphatic carbocycles. The number of carboxylic acids is 1. The quantitative estimate of drug-likeness (QED) is 0.0484. The molecule has 3 aromatic heterocycles. The van der Waals surface area contributed by atoms with Crippen molar-refractivity contribution in [3.8, 4) is 0 Å². The van der Waals surface area contributed by atoms with Crippen LogP contribution < -0.4 is 16.0 Å². The maximum atomic E-state index is 13.8. The number of carbonyl (C=O) groups is 5. The van der Waals surface area contributed by atoms with Crippen molar-refractivity contribution in [1.29, 1.82) is 0 Å². The molecular weight excluding hydrogens is 1050 g/mol. The fourth-order valence-corrected chi connectivity index (χ4v) is 8.79. The molecule has 2 aromatic carbocycles. The summed E-state index contributed by atoms with van der Waals surface area (Å²) >= 11 is 4.60. The summed E-state index contributed by atoms with van der Waals surface area (Å²) in [6, 6.07) is 19.2. The topological polar surface area (TPSA) is 196 Å². The number of hydrogen-bond donors (Lipinski definition) is 4. The van der Waals surface area contributed by atoms with Crippen LogP contribution >= 0.6 is 58.0 Å². The standard InChI is InChI=1S/C37H47N5O4S2.C11H17N3O3S.2CH4.HI/c1-26(2)34-39-31(24-47-34)22-42(5)35(44)41-37(3,4)33(43)20-29(18-27-12-8-6-9-13-27)16-17-30(19-28-14-10-7-11-15-28)40-36(45)46-23-32-21-38-25-48-32;1-7(2)10-13-8(6-18-10)5-14(3)11(17)12-4-9(15)16;;;/h6-15,21,24-26,29-30H,16-20,22-23H2,1-5H3,(H,40,45)(H,41,44);6-7H,4-5H2,1-3H3,(H,12,17)(H,15,16);2*1H4;1H/t29-,30-;;;;/m1..../s1. The fraction of sp³-hybridized carbons (Fsp3) is 0.480. The monoisotopic (exact) mass is 1120 g/mol. The number of Topliss-reactive ketones (excluding diaryl/α,β-unsaturated/α-hetero) is 1. The first-order valence-corrected chi connectivity index (χ1v) is 24.6. The van der Waals surface area contributed by atoms with Crippen molar-refractivity contribution in [1.82, 2.24) is 40.7 Å². The van der Waals surface area contributed by atoms with E-state index in [-0.39, 0.29) is 82.2 Å². The van der Waals surface area contributed by atoms with Crippen LogP contribution in [0.2, 0.25) is 0 Å². The van der Waals surface area contributed by atoms with E-state index >= 15 is 0 Å². The van der Waals surface area contributed by atoms with Crippen molar-refractivity contribution in [2.45, 2.75) is 132 Å². The number of aromatic nitrogens is 3. The van der Waals surface area contributed by atoms with E-state index in [2.05, 4.69) is 70.7 Å². The van der Waals surface area contributed by atoms with E-state index in [9.17, 15) is 24.0 Å². The lowest BCUT2D eigenvalue weighted by Gasteiger charge is -2.30. The van der Waals surface area contributed by atoms with Crippen LogP contribution in [-0.2, 0) is 46.9 Å². The highest BCUT2D eigenvalue weighted by Crippen LogP contribution is 2.25. The SMILES string of the molecule is C.C.CC(C)c1nc(CN(C)C(=O)NC(C)(C)C(=O)C[C@H](CC[C@H](Cc2ccccc2)NC(=O)OCc2cncs2)Cc2ccccc2)cs1.CC(C)c1nc(CN(C)C(=O)NCC(=O)O)cs1.I. The van der Waals surface area contributed by atoms with Gasteiger partial charge in [-0.25, -0.2) is 24.4 Å². The number of urea groups is 2. The van der Waals surface area contributed by atoms with Gasteiger partial charge in [0, 0.05) is 55.4 Å². The number of amides is 5. The molecule has 0 spiro atoms. The predicted molar refractivity (Wildman–Crippen MR) is 290 cm³/mol. The van der Waals surface area contributed by atoms with Crippen molar-refractivity contribution in [3.05, 3.63) is 121 Å². The van der Waals surface area contributed by atoms with Gasteiger partial charge in [0.2, 0.25) is 0 Å². The molecule has 3 heterocycles. The molecular formula is C50H73IN8O7S3. The van der Waals surface area contributed by atoms with Crippen molar-refractivity contribution >= 4 is 87.9 Å². The number of alkyl carbamates (subject to hydrolysis) is 1. The number of hydrogen-bond acceptors (Lipinski definition) is 12. The molecule has 0 bridgehead atoms. The van der Waals surface area contributed by atoms with Gasteiger partial charge in [-0.1, -0.05) is 103 Å². The molecule has 5 amide bonds. The molecule has 0 saturated heterocycles. The molecule has 0 saturated carbocycles. The number of nitrogens with one attached hydrogen (secondary N) is 3. The smallest absolute Gasteiger partial charge is 0.407 e. The van der Waals surface area contributed by atoms with Gasteiger partial charge >= 0.3 is 24.1 Å². The van der Waals surface area contributed by atoms with Crippen LogP contribution in [-0.4, -0.2) is 92.0 Å². The molecule has 0 unspecified atom stereocenters. The Labute approximate surface area is 438 Å². The number of thiazole rings is 3. The third-order valence-corrected chi connectivity index (χ3v) is 13.5.